The normalized spacial score (nSPS) is 24.2. The molecule has 0 aliphatic carbocycles. The van der Waals surface area contributed by atoms with E-state index in [0.717, 1.165) is 39.0 Å². The van der Waals surface area contributed by atoms with Crippen LogP contribution in [0.2, 0.25) is 0 Å². The fraction of sp³-hybridized carbons (Fsp3) is 0.577. The van der Waals surface area contributed by atoms with Gasteiger partial charge in [0, 0.05) is 50.4 Å². The number of aromatic nitrogens is 1. The van der Waals surface area contributed by atoms with E-state index >= 15 is 0 Å². The molecule has 0 unspecified atom stereocenters. The maximum absolute atomic E-state index is 10.3. The lowest BCUT2D eigenvalue weighted by Crippen LogP contribution is -2.52. The van der Waals surface area contributed by atoms with Crippen LogP contribution in [0.15, 0.2) is 54.7 Å². The van der Waals surface area contributed by atoms with Crippen LogP contribution in [0.1, 0.15) is 49.8 Å². The molecule has 0 amide bonds. The third-order valence-corrected chi connectivity index (χ3v) is 7.23. The van der Waals surface area contributed by atoms with Crippen LogP contribution in [0.25, 0.3) is 0 Å². The minimum Gasteiger partial charge on any atom is -0.396 e. The fourth-order valence-electron chi connectivity index (χ4n) is 5.45. The number of nitrogens with zero attached hydrogens (tertiary/aromatic N) is 3. The zero-order valence-electron chi connectivity index (χ0n) is 18.3. The van der Waals surface area contributed by atoms with Gasteiger partial charge in [0.25, 0.3) is 0 Å². The highest BCUT2D eigenvalue weighted by Crippen LogP contribution is 2.36. The molecule has 4 nitrogen and oxygen atoms in total. The Labute approximate surface area is 181 Å². The van der Waals surface area contributed by atoms with Gasteiger partial charge in [-0.3, -0.25) is 14.8 Å². The number of piperidine rings is 2. The Hall–Kier alpha value is -1.75. The molecule has 2 aliphatic rings. The van der Waals surface area contributed by atoms with Crippen LogP contribution in [-0.4, -0.2) is 58.7 Å². The average molecular weight is 408 g/mol. The quantitative estimate of drug-likeness (QED) is 0.714. The Balaban J connectivity index is 1.26. The van der Waals surface area contributed by atoms with E-state index in [9.17, 15) is 5.11 Å². The van der Waals surface area contributed by atoms with Gasteiger partial charge in [-0.1, -0.05) is 36.4 Å². The minimum absolute atomic E-state index is 0.0954. The monoisotopic (exact) mass is 407 g/mol. The van der Waals surface area contributed by atoms with E-state index in [0.29, 0.717) is 12.6 Å². The van der Waals surface area contributed by atoms with Crippen molar-refractivity contribution in [3.63, 3.8) is 0 Å². The predicted molar refractivity (Wildman–Crippen MR) is 122 cm³/mol. The van der Waals surface area contributed by atoms with E-state index in [4.69, 9.17) is 0 Å². The summed E-state index contributed by atoms with van der Waals surface area (Å²) in [5.41, 5.74) is 2.68. The molecule has 4 heteroatoms. The van der Waals surface area contributed by atoms with Crippen LogP contribution >= 0.6 is 0 Å². The van der Waals surface area contributed by atoms with Crippen molar-refractivity contribution in [2.24, 2.45) is 5.41 Å². The highest BCUT2D eigenvalue weighted by atomic mass is 16.3. The summed E-state index contributed by atoms with van der Waals surface area (Å²) in [5.74, 6) is 0. The standard InChI is InChI=1S/C26H37N3O/c30-22-26(14-6-10-23-8-2-1-3-9-23)15-7-17-29(21-26)25-12-18-28(19-13-25)20-24-11-4-5-16-27-24/h1-5,8-9,11,16,25,30H,6-7,10,12-15,17-22H2/t26-/m0/s1. The van der Waals surface area contributed by atoms with E-state index in [1.165, 1.54) is 49.9 Å². The van der Waals surface area contributed by atoms with Crippen molar-refractivity contribution in [2.45, 2.75) is 57.5 Å². The number of pyridine rings is 1. The molecule has 1 N–H and O–H groups in total. The van der Waals surface area contributed by atoms with Gasteiger partial charge in [0.1, 0.15) is 0 Å². The second kappa shape index (κ2) is 10.5. The first-order chi connectivity index (χ1) is 14.8. The number of aryl methyl sites for hydroxylation is 1. The minimum atomic E-state index is 0.0954. The van der Waals surface area contributed by atoms with Crippen molar-refractivity contribution in [3.8, 4) is 0 Å². The van der Waals surface area contributed by atoms with Gasteiger partial charge in [0.2, 0.25) is 0 Å². The molecule has 0 bridgehead atoms. The summed E-state index contributed by atoms with van der Waals surface area (Å²) in [4.78, 5) is 9.73. The van der Waals surface area contributed by atoms with Crippen LogP contribution in [0.3, 0.4) is 0 Å². The Kier molecular flexibility index (Phi) is 7.53. The summed E-state index contributed by atoms with van der Waals surface area (Å²) < 4.78 is 0. The largest absolute Gasteiger partial charge is 0.396 e. The highest BCUT2D eigenvalue weighted by molar-refractivity contribution is 5.14. The van der Waals surface area contributed by atoms with Crippen LogP contribution in [0.4, 0.5) is 0 Å². The zero-order valence-corrected chi connectivity index (χ0v) is 18.3. The van der Waals surface area contributed by atoms with Crippen molar-refractivity contribution >= 4 is 0 Å². The van der Waals surface area contributed by atoms with Gasteiger partial charge in [-0.15, -0.1) is 0 Å². The SMILES string of the molecule is OC[C@@]1(CCCc2ccccc2)CCCN(C2CCN(Cc3ccccn3)CC2)C1. The molecule has 1 aromatic heterocycles. The number of aliphatic hydroxyl groups excluding tert-OH is 1. The number of hydrogen-bond donors (Lipinski definition) is 1. The number of hydrogen-bond acceptors (Lipinski definition) is 4. The highest BCUT2D eigenvalue weighted by Gasteiger charge is 2.37. The van der Waals surface area contributed by atoms with Crippen molar-refractivity contribution in [2.75, 3.05) is 32.8 Å². The Morgan fingerprint density at radius 3 is 2.53 bits per heavy atom. The molecule has 2 saturated heterocycles. The van der Waals surface area contributed by atoms with Crippen molar-refractivity contribution in [3.05, 3.63) is 66.0 Å². The Morgan fingerprint density at radius 1 is 1.00 bits per heavy atom. The molecule has 4 rings (SSSR count). The third-order valence-electron chi connectivity index (χ3n) is 7.23. The van der Waals surface area contributed by atoms with Gasteiger partial charge < -0.3 is 5.11 Å². The van der Waals surface area contributed by atoms with E-state index < -0.39 is 0 Å². The molecular weight excluding hydrogens is 370 g/mol. The molecule has 0 radical (unpaired) electrons. The fourth-order valence-corrected chi connectivity index (χ4v) is 5.45. The molecule has 1 atom stereocenters. The molecule has 2 aliphatic heterocycles. The first kappa shape index (κ1) is 21.5. The summed E-state index contributed by atoms with van der Waals surface area (Å²) in [5, 5.41) is 10.3. The summed E-state index contributed by atoms with van der Waals surface area (Å²) in [7, 11) is 0. The predicted octanol–water partition coefficient (Wildman–Crippen LogP) is 4.14. The average Bonchev–Trinajstić information content (AvgIpc) is 2.81. The number of rotatable bonds is 8. The number of likely N-dealkylation sites (tertiary alicyclic amines) is 2. The smallest absolute Gasteiger partial charge is 0.0543 e. The molecule has 162 valence electrons. The van der Waals surface area contributed by atoms with Gasteiger partial charge in [-0.05, 0) is 69.2 Å². The number of aliphatic hydroxyl groups is 1. The van der Waals surface area contributed by atoms with Crippen molar-refractivity contribution in [1.82, 2.24) is 14.8 Å². The van der Waals surface area contributed by atoms with Gasteiger partial charge in [-0.25, -0.2) is 0 Å². The Bertz CT molecular complexity index is 745. The lowest BCUT2D eigenvalue weighted by Gasteiger charge is -2.47. The second-order valence-corrected chi connectivity index (χ2v) is 9.40. The third kappa shape index (κ3) is 5.69. The van der Waals surface area contributed by atoms with Crippen LogP contribution in [0.5, 0.6) is 0 Å². The van der Waals surface area contributed by atoms with Gasteiger partial charge in [0.05, 0.1) is 5.69 Å². The molecule has 0 spiro atoms. The summed E-state index contributed by atoms with van der Waals surface area (Å²) in [6, 6.07) is 17.6. The van der Waals surface area contributed by atoms with Crippen LogP contribution < -0.4 is 0 Å². The maximum atomic E-state index is 10.3. The van der Waals surface area contributed by atoms with E-state index in [2.05, 4.69) is 57.2 Å². The topological polar surface area (TPSA) is 39.6 Å². The lowest BCUT2D eigenvalue weighted by atomic mass is 9.75. The van der Waals surface area contributed by atoms with Crippen molar-refractivity contribution in [1.29, 1.82) is 0 Å². The molecule has 2 fully saturated rings. The van der Waals surface area contributed by atoms with E-state index in [1.807, 2.05) is 12.3 Å². The van der Waals surface area contributed by atoms with E-state index in [1.54, 1.807) is 0 Å². The van der Waals surface area contributed by atoms with Gasteiger partial charge in [-0.2, -0.15) is 0 Å². The Morgan fingerprint density at radius 2 is 1.80 bits per heavy atom. The van der Waals surface area contributed by atoms with Crippen LogP contribution in [-0.2, 0) is 13.0 Å². The molecule has 30 heavy (non-hydrogen) atoms. The van der Waals surface area contributed by atoms with Crippen molar-refractivity contribution < 1.29 is 5.11 Å². The molecule has 0 saturated carbocycles. The first-order valence-electron chi connectivity index (χ1n) is 11.8. The van der Waals surface area contributed by atoms with E-state index in [-0.39, 0.29) is 5.41 Å². The summed E-state index contributed by atoms with van der Waals surface area (Å²) in [6.45, 7) is 5.87. The molecular formula is C26H37N3O. The summed E-state index contributed by atoms with van der Waals surface area (Å²) in [6.07, 6.45) is 10.2. The first-order valence-corrected chi connectivity index (χ1v) is 11.8. The second-order valence-electron chi connectivity index (χ2n) is 9.40. The van der Waals surface area contributed by atoms with Gasteiger partial charge >= 0.3 is 0 Å². The molecule has 2 aromatic rings. The molecule has 3 heterocycles. The summed E-state index contributed by atoms with van der Waals surface area (Å²) >= 11 is 0. The van der Waals surface area contributed by atoms with Crippen LogP contribution in [0, 0.1) is 5.41 Å². The maximum Gasteiger partial charge on any atom is 0.0543 e. The lowest BCUT2D eigenvalue weighted by molar-refractivity contribution is -0.00925. The van der Waals surface area contributed by atoms with Gasteiger partial charge in [0.15, 0.2) is 0 Å². The number of benzene rings is 1. The molecule has 1 aromatic carbocycles. The zero-order chi connectivity index (χ0) is 20.7.